The fourth-order valence-corrected chi connectivity index (χ4v) is 4.95. The van der Waals surface area contributed by atoms with Crippen LogP contribution in [0, 0.1) is 0 Å². The van der Waals surface area contributed by atoms with Gasteiger partial charge >= 0.3 is 5.69 Å². The number of fused-ring (bicyclic) bond motifs is 1. The van der Waals surface area contributed by atoms with E-state index in [0.29, 0.717) is 22.4 Å². The zero-order valence-corrected chi connectivity index (χ0v) is 18.1. The Hall–Kier alpha value is -2.03. The molecule has 1 aliphatic rings. The first kappa shape index (κ1) is 20.7. The number of piperidine rings is 1. The van der Waals surface area contributed by atoms with E-state index in [1.807, 2.05) is 23.3 Å². The number of amides is 1. The van der Waals surface area contributed by atoms with Crippen molar-refractivity contribution in [3.63, 3.8) is 0 Å². The molecule has 0 aromatic carbocycles. The summed E-state index contributed by atoms with van der Waals surface area (Å²) in [4.78, 5) is 44.3. The van der Waals surface area contributed by atoms with Gasteiger partial charge in [0.2, 0.25) is 5.91 Å². The van der Waals surface area contributed by atoms with Crippen LogP contribution >= 0.6 is 11.8 Å². The molecule has 0 unspecified atom stereocenters. The summed E-state index contributed by atoms with van der Waals surface area (Å²) < 4.78 is 4.32. The average molecular weight is 408 g/mol. The van der Waals surface area contributed by atoms with Crippen LogP contribution in [-0.4, -0.2) is 47.8 Å². The third kappa shape index (κ3) is 3.52. The molecule has 9 heteroatoms. The summed E-state index contributed by atoms with van der Waals surface area (Å²) in [6, 6.07) is 0.296. The fourth-order valence-electron chi connectivity index (χ4n) is 3.94. The number of carbonyl (C=O) groups excluding carboxylic acids is 1. The molecule has 2 aromatic rings. The summed E-state index contributed by atoms with van der Waals surface area (Å²) in [5.74, 6) is 0.390. The van der Waals surface area contributed by atoms with Gasteiger partial charge in [-0.2, -0.15) is 0 Å². The summed E-state index contributed by atoms with van der Waals surface area (Å²) in [5.41, 5.74) is -0.00250. The van der Waals surface area contributed by atoms with Gasteiger partial charge in [-0.15, -0.1) is 0 Å². The van der Waals surface area contributed by atoms with Crippen molar-refractivity contribution >= 4 is 28.8 Å². The number of imidazole rings is 1. The van der Waals surface area contributed by atoms with Crippen molar-refractivity contribution < 1.29 is 4.79 Å². The van der Waals surface area contributed by atoms with E-state index >= 15 is 0 Å². The Balaban J connectivity index is 1.95. The maximum absolute atomic E-state index is 12.8. The van der Waals surface area contributed by atoms with Crippen molar-refractivity contribution in [2.75, 3.05) is 12.3 Å². The van der Waals surface area contributed by atoms with Crippen molar-refractivity contribution in [3.8, 4) is 0 Å². The maximum atomic E-state index is 12.8. The highest BCUT2D eigenvalue weighted by atomic mass is 32.2. The van der Waals surface area contributed by atoms with E-state index in [9.17, 15) is 14.4 Å². The molecule has 3 rings (SSSR count). The molecule has 1 saturated heterocycles. The van der Waals surface area contributed by atoms with Gasteiger partial charge in [-0.1, -0.05) is 18.7 Å². The minimum Gasteiger partial charge on any atom is -0.339 e. The molecule has 28 heavy (non-hydrogen) atoms. The smallest absolute Gasteiger partial charge is 0.332 e. The third-order valence-electron chi connectivity index (χ3n) is 5.52. The summed E-state index contributed by atoms with van der Waals surface area (Å²) in [7, 11) is 3.08. The first-order valence-corrected chi connectivity index (χ1v) is 10.9. The molecule has 1 amide bonds. The molecule has 0 N–H and O–H groups in total. The molecule has 3 heterocycles. The average Bonchev–Trinajstić information content (AvgIpc) is 3.08. The molecule has 0 bridgehead atoms. The monoisotopic (exact) mass is 407 g/mol. The number of aryl methyl sites for hydroxylation is 1. The number of carbonyl (C=O) groups is 1. The molecule has 154 valence electrons. The van der Waals surface area contributed by atoms with Crippen LogP contribution in [0.5, 0.6) is 0 Å². The molecule has 0 radical (unpaired) electrons. The molecule has 1 fully saturated rings. The van der Waals surface area contributed by atoms with Crippen LogP contribution in [0.3, 0.4) is 0 Å². The van der Waals surface area contributed by atoms with Crippen LogP contribution in [0.25, 0.3) is 11.2 Å². The standard InChI is InChI=1S/C19H29N5O3S/c1-6-13-9-7-8-10-23(13)14(25)11-28-18-20-16-15(24(18)12(2)3)17(26)22(5)19(27)21(16)4/h12-13H,6-11H2,1-5H3/t13-/m1/s1. The predicted molar refractivity (Wildman–Crippen MR) is 111 cm³/mol. The van der Waals surface area contributed by atoms with Crippen molar-refractivity contribution in [2.45, 2.75) is 63.7 Å². The van der Waals surface area contributed by atoms with E-state index in [0.717, 1.165) is 30.4 Å². The fraction of sp³-hybridized carbons (Fsp3) is 0.684. The maximum Gasteiger partial charge on any atom is 0.332 e. The summed E-state index contributed by atoms with van der Waals surface area (Å²) in [5, 5.41) is 0.599. The second-order valence-corrected chi connectivity index (χ2v) is 8.61. The van der Waals surface area contributed by atoms with Crippen LogP contribution in [-0.2, 0) is 18.9 Å². The SMILES string of the molecule is CC[C@@H]1CCCCN1C(=O)CSc1nc2c(c(=O)n(C)c(=O)n2C)n1C(C)C. The Bertz CT molecular complexity index is 1000. The van der Waals surface area contributed by atoms with Crippen LogP contribution in [0.1, 0.15) is 52.5 Å². The van der Waals surface area contributed by atoms with E-state index in [2.05, 4.69) is 11.9 Å². The Morgan fingerprint density at radius 2 is 1.93 bits per heavy atom. The van der Waals surface area contributed by atoms with Crippen molar-refractivity contribution in [2.24, 2.45) is 14.1 Å². The van der Waals surface area contributed by atoms with Crippen LogP contribution in [0.15, 0.2) is 14.7 Å². The van der Waals surface area contributed by atoms with Crippen molar-refractivity contribution in [1.29, 1.82) is 0 Å². The number of nitrogens with zero attached hydrogens (tertiary/aromatic N) is 5. The largest absolute Gasteiger partial charge is 0.339 e. The molecular formula is C19H29N5O3S. The van der Waals surface area contributed by atoms with E-state index in [1.165, 1.54) is 29.8 Å². The van der Waals surface area contributed by atoms with Crippen molar-refractivity contribution in [3.05, 3.63) is 20.8 Å². The lowest BCUT2D eigenvalue weighted by Gasteiger charge is -2.35. The van der Waals surface area contributed by atoms with E-state index < -0.39 is 5.69 Å². The number of aromatic nitrogens is 4. The highest BCUT2D eigenvalue weighted by Gasteiger charge is 2.27. The molecule has 0 aliphatic carbocycles. The van der Waals surface area contributed by atoms with E-state index in [4.69, 9.17) is 0 Å². The molecule has 2 aromatic heterocycles. The number of hydrogen-bond donors (Lipinski definition) is 0. The number of hydrogen-bond acceptors (Lipinski definition) is 5. The zero-order valence-electron chi connectivity index (χ0n) is 17.3. The normalized spacial score (nSPS) is 17.6. The van der Waals surface area contributed by atoms with Gasteiger partial charge < -0.3 is 9.47 Å². The van der Waals surface area contributed by atoms with Crippen molar-refractivity contribution in [1.82, 2.24) is 23.6 Å². The summed E-state index contributed by atoms with van der Waals surface area (Å²) in [6.45, 7) is 6.87. The highest BCUT2D eigenvalue weighted by Crippen LogP contribution is 2.27. The van der Waals surface area contributed by atoms with Crippen LogP contribution < -0.4 is 11.2 Å². The molecular weight excluding hydrogens is 378 g/mol. The second-order valence-electron chi connectivity index (χ2n) is 7.67. The Morgan fingerprint density at radius 1 is 1.21 bits per heavy atom. The Morgan fingerprint density at radius 3 is 2.57 bits per heavy atom. The van der Waals surface area contributed by atoms with Gasteiger partial charge in [-0.05, 0) is 39.5 Å². The topological polar surface area (TPSA) is 82.1 Å². The van der Waals surface area contributed by atoms with Gasteiger partial charge in [0.25, 0.3) is 5.56 Å². The van der Waals surface area contributed by atoms with Gasteiger partial charge in [-0.3, -0.25) is 18.7 Å². The minimum atomic E-state index is -0.405. The first-order chi connectivity index (χ1) is 13.3. The third-order valence-corrected chi connectivity index (χ3v) is 6.46. The molecule has 1 atom stereocenters. The number of likely N-dealkylation sites (tertiary alicyclic amines) is 1. The predicted octanol–water partition coefficient (Wildman–Crippen LogP) is 1.90. The molecule has 0 saturated carbocycles. The van der Waals surface area contributed by atoms with E-state index in [1.54, 1.807) is 7.05 Å². The van der Waals surface area contributed by atoms with Crippen LogP contribution in [0.2, 0.25) is 0 Å². The van der Waals surface area contributed by atoms with Gasteiger partial charge in [0, 0.05) is 32.7 Å². The zero-order chi connectivity index (χ0) is 20.6. The Kier molecular flexibility index (Phi) is 6.02. The lowest BCUT2D eigenvalue weighted by atomic mass is 10.0. The van der Waals surface area contributed by atoms with E-state index in [-0.39, 0.29) is 23.3 Å². The minimum absolute atomic E-state index is 0.0221. The lowest BCUT2D eigenvalue weighted by Crippen LogP contribution is -2.44. The Labute approximate surface area is 168 Å². The first-order valence-electron chi connectivity index (χ1n) is 9.88. The summed E-state index contributed by atoms with van der Waals surface area (Å²) >= 11 is 1.34. The number of thioether (sulfide) groups is 1. The quantitative estimate of drug-likeness (QED) is 0.707. The van der Waals surface area contributed by atoms with Gasteiger partial charge in [0.15, 0.2) is 16.3 Å². The molecule has 8 nitrogen and oxygen atoms in total. The van der Waals surface area contributed by atoms with Gasteiger partial charge in [0.1, 0.15) is 0 Å². The molecule has 0 spiro atoms. The lowest BCUT2D eigenvalue weighted by molar-refractivity contribution is -0.132. The van der Waals surface area contributed by atoms with Gasteiger partial charge in [-0.25, -0.2) is 9.78 Å². The van der Waals surface area contributed by atoms with Crippen LogP contribution in [0.4, 0.5) is 0 Å². The highest BCUT2D eigenvalue weighted by molar-refractivity contribution is 7.99. The molecule has 1 aliphatic heterocycles. The number of rotatable bonds is 5. The summed E-state index contributed by atoms with van der Waals surface area (Å²) in [6.07, 6.45) is 4.26. The second kappa shape index (κ2) is 8.14. The van der Waals surface area contributed by atoms with Gasteiger partial charge in [0.05, 0.1) is 5.75 Å².